The van der Waals surface area contributed by atoms with Gasteiger partial charge in [-0.3, -0.25) is 0 Å². The Kier molecular flexibility index (Phi) is 4.34. The molecule has 3 aromatic rings. The third-order valence-corrected chi connectivity index (χ3v) is 4.59. The lowest BCUT2D eigenvalue weighted by Crippen LogP contribution is -1.93. The van der Waals surface area contributed by atoms with Gasteiger partial charge in [-0.15, -0.1) is 5.11 Å². The van der Waals surface area contributed by atoms with Crippen LogP contribution in [0.4, 0.5) is 11.4 Å². The van der Waals surface area contributed by atoms with Crippen molar-refractivity contribution in [3.05, 3.63) is 71.1 Å². The van der Waals surface area contributed by atoms with Gasteiger partial charge in [0.05, 0.1) is 16.3 Å². The lowest BCUT2D eigenvalue weighted by molar-refractivity contribution is 0.481. The molecule has 25 heavy (non-hydrogen) atoms. The molecule has 0 amide bonds. The van der Waals surface area contributed by atoms with Crippen LogP contribution < -0.4 is 0 Å². The van der Waals surface area contributed by atoms with Crippen molar-refractivity contribution in [3.8, 4) is 5.75 Å². The zero-order valence-corrected chi connectivity index (χ0v) is 13.5. The third kappa shape index (κ3) is 3.42. The van der Waals surface area contributed by atoms with Crippen LogP contribution in [-0.4, -0.2) is 13.5 Å². The van der Waals surface area contributed by atoms with Gasteiger partial charge in [-0.25, -0.2) is 8.42 Å². The van der Waals surface area contributed by atoms with E-state index in [0.29, 0.717) is 16.8 Å². The Balaban J connectivity index is 1.93. The standard InChI is InChI=1S/C16H11N5O3S/c17-20-21-25(23,24)12-7-5-11(6-8-12)18-19-15-9-10-16(22)14-4-2-1-3-13(14)15/h1-10,22H. The van der Waals surface area contributed by atoms with Gasteiger partial charge in [-0.05, 0) is 41.9 Å². The lowest BCUT2D eigenvalue weighted by atomic mass is 10.1. The summed E-state index contributed by atoms with van der Waals surface area (Å²) < 4.78 is 26.0. The fourth-order valence-electron chi connectivity index (χ4n) is 2.25. The molecule has 1 N–H and O–H groups in total. The number of benzene rings is 3. The Morgan fingerprint density at radius 3 is 2.24 bits per heavy atom. The van der Waals surface area contributed by atoms with Crippen LogP contribution in [0.5, 0.6) is 5.75 Å². The van der Waals surface area contributed by atoms with E-state index in [4.69, 9.17) is 5.53 Å². The molecule has 0 saturated heterocycles. The van der Waals surface area contributed by atoms with E-state index < -0.39 is 10.0 Å². The van der Waals surface area contributed by atoms with Crippen LogP contribution in [0.2, 0.25) is 0 Å². The van der Waals surface area contributed by atoms with Gasteiger partial charge < -0.3 is 5.11 Å². The average Bonchev–Trinajstić information content (AvgIpc) is 2.62. The highest BCUT2D eigenvalue weighted by atomic mass is 32.2. The lowest BCUT2D eigenvalue weighted by Gasteiger charge is -2.03. The van der Waals surface area contributed by atoms with Crippen molar-refractivity contribution < 1.29 is 13.5 Å². The minimum absolute atomic E-state index is 0.126. The Morgan fingerprint density at radius 2 is 1.56 bits per heavy atom. The summed E-state index contributed by atoms with van der Waals surface area (Å²) >= 11 is 0. The second kappa shape index (κ2) is 6.60. The van der Waals surface area contributed by atoms with Crippen molar-refractivity contribution in [2.45, 2.75) is 4.90 Å². The molecule has 0 heterocycles. The van der Waals surface area contributed by atoms with Gasteiger partial charge in [-0.1, -0.05) is 24.3 Å². The molecule has 0 aliphatic rings. The van der Waals surface area contributed by atoms with Crippen molar-refractivity contribution >= 4 is 32.2 Å². The summed E-state index contributed by atoms with van der Waals surface area (Å²) in [6.45, 7) is 0. The zero-order valence-electron chi connectivity index (χ0n) is 12.7. The van der Waals surface area contributed by atoms with Crippen molar-refractivity contribution in [2.24, 2.45) is 14.7 Å². The molecular formula is C16H11N5O3S. The maximum atomic E-state index is 11.6. The van der Waals surface area contributed by atoms with Crippen molar-refractivity contribution in [1.82, 2.24) is 0 Å². The topological polar surface area (TPSA) is 128 Å². The Labute approximate surface area is 142 Å². The molecule has 3 rings (SSSR count). The van der Waals surface area contributed by atoms with Gasteiger partial charge in [0.2, 0.25) is 0 Å². The average molecular weight is 353 g/mol. The first-order chi connectivity index (χ1) is 12.0. The second-order valence-electron chi connectivity index (χ2n) is 4.99. The summed E-state index contributed by atoms with van der Waals surface area (Å²) in [5.74, 6) is 0.155. The van der Waals surface area contributed by atoms with Crippen molar-refractivity contribution in [1.29, 1.82) is 0 Å². The Morgan fingerprint density at radius 1 is 0.880 bits per heavy atom. The number of nitrogens with zero attached hydrogens (tertiary/aromatic N) is 5. The summed E-state index contributed by atoms with van der Waals surface area (Å²) in [4.78, 5) is 2.17. The van der Waals surface area contributed by atoms with Gasteiger partial charge >= 0.3 is 0 Å². The first-order valence-corrected chi connectivity index (χ1v) is 8.49. The largest absolute Gasteiger partial charge is 0.507 e. The minimum atomic E-state index is -4.02. The van der Waals surface area contributed by atoms with Crippen LogP contribution in [0.3, 0.4) is 0 Å². The molecule has 0 unspecified atom stereocenters. The number of aromatic hydroxyl groups is 1. The van der Waals surface area contributed by atoms with E-state index in [-0.39, 0.29) is 10.6 Å². The number of azo groups is 1. The number of phenols is 1. The highest BCUT2D eigenvalue weighted by Crippen LogP contribution is 2.33. The quantitative estimate of drug-likeness (QED) is 0.404. The minimum Gasteiger partial charge on any atom is -0.507 e. The van der Waals surface area contributed by atoms with Crippen LogP contribution >= 0.6 is 0 Å². The first kappa shape index (κ1) is 16.4. The van der Waals surface area contributed by atoms with Crippen molar-refractivity contribution in [3.63, 3.8) is 0 Å². The SMILES string of the molecule is [N-]=[N+]=NS(=O)(=O)c1ccc(N=Nc2ccc(O)c3ccccc23)cc1. The van der Waals surface area contributed by atoms with E-state index in [0.717, 1.165) is 5.39 Å². The molecule has 0 aromatic heterocycles. The molecule has 8 nitrogen and oxygen atoms in total. The fraction of sp³-hybridized carbons (Fsp3) is 0. The number of azide groups is 1. The Hall–Kier alpha value is -3.42. The van der Waals surface area contributed by atoms with Crippen LogP contribution in [0, 0.1) is 0 Å². The van der Waals surface area contributed by atoms with E-state index in [1.165, 1.54) is 30.3 Å². The maximum Gasteiger partial charge on any atom is 0.264 e. The predicted molar refractivity (Wildman–Crippen MR) is 92.6 cm³/mol. The van der Waals surface area contributed by atoms with Crippen LogP contribution in [0.15, 0.2) is 80.3 Å². The molecule has 124 valence electrons. The monoisotopic (exact) mass is 353 g/mol. The predicted octanol–water partition coefficient (Wildman–Crippen LogP) is 4.96. The molecule has 0 bridgehead atoms. The number of rotatable bonds is 4. The highest BCUT2D eigenvalue weighted by molar-refractivity contribution is 7.90. The molecule has 0 radical (unpaired) electrons. The molecule has 0 saturated carbocycles. The summed E-state index contributed by atoms with van der Waals surface area (Å²) in [6, 6.07) is 15.9. The number of fused-ring (bicyclic) bond motifs is 1. The van der Waals surface area contributed by atoms with Gasteiger partial charge in [0.25, 0.3) is 10.0 Å². The molecule has 0 aliphatic heterocycles. The fourth-order valence-corrected chi connectivity index (χ4v) is 2.92. The van der Waals surface area contributed by atoms with E-state index >= 15 is 0 Å². The van der Waals surface area contributed by atoms with E-state index in [9.17, 15) is 13.5 Å². The smallest absolute Gasteiger partial charge is 0.264 e. The summed E-state index contributed by atoms with van der Waals surface area (Å²) in [7, 11) is -4.02. The van der Waals surface area contributed by atoms with E-state index in [1.807, 2.05) is 18.2 Å². The molecule has 0 spiro atoms. The van der Waals surface area contributed by atoms with E-state index in [2.05, 4.69) is 19.7 Å². The zero-order chi connectivity index (χ0) is 17.9. The summed E-state index contributed by atoms with van der Waals surface area (Å²) in [6.07, 6.45) is 0. The number of hydrogen-bond donors (Lipinski definition) is 1. The molecule has 0 atom stereocenters. The summed E-state index contributed by atoms with van der Waals surface area (Å²) in [5.41, 5.74) is 9.26. The number of sulfonamides is 1. The molecule has 0 fully saturated rings. The third-order valence-electron chi connectivity index (χ3n) is 3.43. The van der Waals surface area contributed by atoms with Crippen LogP contribution in [0.1, 0.15) is 0 Å². The first-order valence-electron chi connectivity index (χ1n) is 7.05. The molecule has 3 aromatic carbocycles. The normalized spacial score (nSPS) is 11.5. The Bertz CT molecular complexity index is 1120. The highest BCUT2D eigenvalue weighted by Gasteiger charge is 2.11. The van der Waals surface area contributed by atoms with Crippen molar-refractivity contribution in [2.75, 3.05) is 0 Å². The second-order valence-corrected chi connectivity index (χ2v) is 6.57. The van der Waals surface area contributed by atoms with Gasteiger partial charge in [0.1, 0.15) is 5.75 Å². The summed E-state index contributed by atoms with van der Waals surface area (Å²) in [5, 5.41) is 19.5. The molecule has 9 heteroatoms. The van der Waals surface area contributed by atoms with Crippen LogP contribution in [0.25, 0.3) is 21.2 Å². The molecular weight excluding hydrogens is 342 g/mol. The van der Waals surface area contributed by atoms with Gasteiger partial charge in [0, 0.05) is 20.2 Å². The number of hydrogen-bond acceptors (Lipinski definition) is 5. The van der Waals surface area contributed by atoms with E-state index in [1.54, 1.807) is 12.1 Å². The maximum absolute atomic E-state index is 11.6. The number of phenolic OH excluding ortho intramolecular Hbond substituents is 1. The van der Waals surface area contributed by atoms with Gasteiger partial charge in [0.15, 0.2) is 0 Å². The van der Waals surface area contributed by atoms with Crippen LogP contribution in [-0.2, 0) is 10.0 Å². The molecule has 0 aliphatic carbocycles. The van der Waals surface area contributed by atoms with Gasteiger partial charge in [-0.2, -0.15) is 5.11 Å².